The van der Waals surface area contributed by atoms with Crippen LogP contribution in [-0.2, 0) is 11.2 Å². The van der Waals surface area contributed by atoms with Crippen molar-refractivity contribution in [1.29, 1.82) is 0 Å². The first kappa shape index (κ1) is 14.8. The lowest BCUT2D eigenvalue weighted by Crippen LogP contribution is -2.49. The molecule has 1 aliphatic carbocycles. The Morgan fingerprint density at radius 3 is 3.10 bits per heavy atom. The van der Waals surface area contributed by atoms with Gasteiger partial charge in [0.15, 0.2) is 0 Å². The van der Waals surface area contributed by atoms with Crippen molar-refractivity contribution in [2.24, 2.45) is 0 Å². The summed E-state index contributed by atoms with van der Waals surface area (Å²) in [4.78, 5) is 19.5. The van der Waals surface area contributed by atoms with Crippen LogP contribution in [0.5, 0.6) is 0 Å². The lowest BCUT2D eigenvalue weighted by Gasteiger charge is -2.35. The Hall–Kier alpha value is -1.14. The summed E-state index contributed by atoms with van der Waals surface area (Å²) in [6.07, 6.45) is 5.42. The van der Waals surface area contributed by atoms with E-state index in [2.05, 4.69) is 17.2 Å². The largest absolute Gasteiger partial charge is 0.453 e. The van der Waals surface area contributed by atoms with Gasteiger partial charge < -0.3 is 15.0 Å². The van der Waals surface area contributed by atoms with E-state index in [1.54, 1.807) is 0 Å². The number of piperidine rings is 1. The maximum absolute atomic E-state index is 11.7. The summed E-state index contributed by atoms with van der Waals surface area (Å²) in [7, 11) is 1.45. The van der Waals surface area contributed by atoms with Gasteiger partial charge in [-0.15, -0.1) is 11.3 Å². The quantitative estimate of drug-likeness (QED) is 0.912. The molecule has 0 bridgehead atoms. The number of hydrogen-bond acceptors (Lipinski definition) is 5. The number of aromatic nitrogens is 1. The Morgan fingerprint density at radius 1 is 1.43 bits per heavy atom. The zero-order valence-corrected chi connectivity index (χ0v) is 13.5. The maximum Gasteiger partial charge on any atom is 0.409 e. The summed E-state index contributed by atoms with van der Waals surface area (Å²) in [6.45, 7) is 3.64. The molecule has 21 heavy (non-hydrogen) atoms. The lowest BCUT2D eigenvalue weighted by atomic mass is 9.96. The minimum Gasteiger partial charge on any atom is -0.453 e. The van der Waals surface area contributed by atoms with Crippen LogP contribution in [0, 0.1) is 6.92 Å². The highest BCUT2D eigenvalue weighted by molar-refractivity contribution is 7.11. The summed E-state index contributed by atoms with van der Waals surface area (Å²) in [5.41, 5.74) is 1.28. The van der Waals surface area contributed by atoms with Crippen LogP contribution in [0.25, 0.3) is 0 Å². The monoisotopic (exact) mass is 309 g/mol. The molecular formula is C15H23N3O2S. The molecule has 1 amide bonds. The summed E-state index contributed by atoms with van der Waals surface area (Å²) < 4.78 is 4.84. The van der Waals surface area contributed by atoms with E-state index in [0.29, 0.717) is 12.1 Å². The van der Waals surface area contributed by atoms with E-state index in [-0.39, 0.29) is 6.09 Å². The minimum absolute atomic E-state index is 0.209. The average molecular weight is 309 g/mol. The first-order valence-corrected chi connectivity index (χ1v) is 8.54. The molecule has 0 aromatic carbocycles. The Labute approximate surface area is 129 Å². The van der Waals surface area contributed by atoms with E-state index >= 15 is 0 Å². The fraction of sp³-hybridized carbons (Fsp3) is 0.733. The van der Waals surface area contributed by atoms with Crippen LogP contribution < -0.4 is 5.32 Å². The lowest BCUT2D eigenvalue weighted by molar-refractivity contribution is 0.105. The highest BCUT2D eigenvalue weighted by Crippen LogP contribution is 2.34. The van der Waals surface area contributed by atoms with Gasteiger partial charge in [-0.3, -0.25) is 0 Å². The van der Waals surface area contributed by atoms with Crippen LogP contribution in [0.1, 0.15) is 47.3 Å². The van der Waals surface area contributed by atoms with E-state index in [0.717, 1.165) is 37.4 Å². The van der Waals surface area contributed by atoms with E-state index in [1.807, 2.05) is 16.2 Å². The fourth-order valence-corrected chi connectivity index (χ4v) is 4.46. The third-order valence-corrected chi connectivity index (χ3v) is 5.48. The molecule has 6 heteroatoms. The summed E-state index contributed by atoms with van der Waals surface area (Å²) in [6, 6.07) is 0.763. The predicted molar refractivity (Wildman–Crippen MR) is 82.7 cm³/mol. The van der Waals surface area contributed by atoms with Crippen molar-refractivity contribution in [3.8, 4) is 0 Å². The number of ether oxygens (including phenoxy) is 1. The third kappa shape index (κ3) is 3.21. The Kier molecular flexibility index (Phi) is 4.45. The Bertz CT molecular complexity index is 517. The summed E-state index contributed by atoms with van der Waals surface area (Å²) >= 11 is 1.82. The average Bonchev–Trinajstić information content (AvgIpc) is 2.88. The number of fused-ring (bicyclic) bond motifs is 1. The Morgan fingerprint density at radius 2 is 2.29 bits per heavy atom. The van der Waals surface area contributed by atoms with Crippen molar-refractivity contribution < 1.29 is 9.53 Å². The van der Waals surface area contributed by atoms with Gasteiger partial charge >= 0.3 is 6.09 Å². The number of aryl methyl sites for hydroxylation is 2. The zero-order chi connectivity index (χ0) is 14.8. The van der Waals surface area contributed by atoms with Gasteiger partial charge in [0, 0.05) is 30.1 Å². The van der Waals surface area contributed by atoms with E-state index in [4.69, 9.17) is 4.74 Å². The van der Waals surface area contributed by atoms with Gasteiger partial charge in [-0.1, -0.05) is 0 Å². The third-order valence-electron chi connectivity index (χ3n) is 4.35. The van der Waals surface area contributed by atoms with Gasteiger partial charge in [0.1, 0.15) is 0 Å². The van der Waals surface area contributed by atoms with Gasteiger partial charge in [0.2, 0.25) is 0 Å². The first-order valence-electron chi connectivity index (χ1n) is 7.72. The molecule has 0 saturated carbocycles. The molecule has 1 fully saturated rings. The van der Waals surface area contributed by atoms with E-state index in [1.165, 1.54) is 30.5 Å². The van der Waals surface area contributed by atoms with Gasteiger partial charge in [0.05, 0.1) is 17.8 Å². The molecule has 5 nitrogen and oxygen atoms in total. The predicted octanol–water partition coefficient (Wildman–Crippen LogP) is 2.65. The molecule has 1 N–H and O–H groups in total. The fourth-order valence-electron chi connectivity index (χ4n) is 3.39. The molecule has 3 rings (SSSR count). The molecule has 2 aliphatic rings. The molecule has 0 radical (unpaired) electrons. The number of thiazole rings is 1. The highest BCUT2D eigenvalue weighted by Gasteiger charge is 2.29. The van der Waals surface area contributed by atoms with Crippen molar-refractivity contribution in [3.63, 3.8) is 0 Å². The maximum atomic E-state index is 11.7. The van der Waals surface area contributed by atoms with Crippen molar-refractivity contribution in [2.45, 2.75) is 51.1 Å². The molecule has 1 saturated heterocycles. The van der Waals surface area contributed by atoms with Crippen LogP contribution in [0.15, 0.2) is 0 Å². The minimum atomic E-state index is -0.209. The van der Waals surface area contributed by atoms with E-state index < -0.39 is 0 Å². The molecule has 0 unspecified atom stereocenters. The smallest absolute Gasteiger partial charge is 0.409 e. The number of amides is 1. The van der Waals surface area contributed by atoms with Crippen LogP contribution in [0.4, 0.5) is 4.79 Å². The van der Waals surface area contributed by atoms with Gasteiger partial charge in [-0.2, -0.15) is 0 Å². The molecule has 1 aromatic rings. The van der Waals surface area contributed by atoms with Crippen LogP contribution in [-0.4, -0.2) is 42.2 Å². The number of nitrogens with one attached hydrogen (secondary N) is 1. The van der Waals surface area contributed by atoms with Crippen LogP contribution >= 0.6 is 11.3 Å². The molecule has 2 heterocycles. The van der Waals surface area contributed by atoms with Gasteiger partial charge in [0.25, 0.3) is 0 Å². The van der Waals surface area contributed by atoms with Crippen molar-refractivity contribution in [2.75, 3.05) is 20.2 Å². The molecule has 2 atom stereocenters. The second-order valence-electron chi connectivity index (χ2n) is 5.91. The van der Waals surface area contributed by atoms with Gasteiger partial charge in [-0.05, 0) is 39.0 Å². The molecule has 116 valence electrons. The molecule has 1 aliphatic heterocycles. The Balaban J connectivity index is 1.65. The topological polar surface area (TPSA) is 54.5 Å². The first-order chi connectivity index (χ1) is 10.2. The standard InChI is InChI=1S/C15H23N3O2S/c1-10-16-12-6-3-7-13(14(12)21-10)17-11-5-4-8-18(9-11)15(19)20-2/h11,13,17H,3-9H2,1-2H3/t11-,13-/m1/s1. The normalized spacial score (nSPS) is 25.5. The van der Waals surface area contributed by atoms with Crippen LogP contribution in [0.2, 0.25) is 0 Å². The highest BCUT2D eigenvalue weighted by atomic mass is 32.1. The second-order valence-corrected chi connectivity index (χ2v) is 7.15. The molecule has 1 aromatic heterocycles. The molecule has 0 spiro atoms. The summed E-state index contributed by atoms with van der Waals surface area (Å²) in [5.74, 6) is 0. The van der Waals surface area contributed by atoms with E-state index in [9.17, 15) is 4.79 Å². The van der Waals surface area contributed by atoms with Gasteiger partial charge in [-0.25, -0.2) is 9.78 Å². The number of likely N-dealkylation sites (tertiary alicyclic amines) is 1. The van der Waals surface area contributed by atoms with Crippen molar-refractivity contribution >= 4 is 17.4 Å². The van der Waals surface area contributed by atoms with Crippen molar-refractivity contribution in [3.05, 3.63) is 15.6 Å². The summed E-state index contributed by atoms with van der Waals surface area (Å²) in [5, 5.41) is 4.92. The SMILES string of the molecule is COC(=O)N1CCC[C@@H](N[C@@H]2CCCc3nc(C)sc32)C1. The number of carbonyl (C=O) groups excluding carboxylic acids is 1. The second kappa shape index (κ2) is 6.32. The number of methoxy groups -OCH3 is 1. The number of carbonyl (C=O) groups is 1. The van der Waals surface area contributed by atoms with Crippen molar-refractivity contribution in [1.82, 2.24) is 15.2 Å². The molecular weight excluding hydrogens is 286 g/mol. The van der Waals surface area contributed by atoms with Crippen LogP contribution in [0.3, 0.4) is 0 Å². The zero-order valence-electron chi connectivity index (χ0n) is 12.7. The number of rotatable bonds is 2. The number of nitrogens with zero attached hydrogens (tertiary/aromatic N) is 2. The number of hydrogen-bond donors (Lipinski definition) is 1.